The van der Waals surface area contributed by atoms with E-state index >= 15 is 0 Å². The molecule has 0 aliphatic carbocycles. The molecule has 0 amide bonds. The Hall–Kier alpha value is -2.99. The predicted molar refractivity (Wildman–Crippen MR) is 96.4 cm³/mol. The highest BCUT2D eigenvalue weighted by Crippen LogP contribution is 2.36. The summed E-state index contributed by atoms with van der Waals surface area (Å²) in [7, 11) is 0. The summed E-state index contributed by atoms with van der Waals surface area (Å²) in [4.78, 5) is 12.8. The lowest BCUT2D eigenvalue weighted by Gasteiger charge is -2.17. The van der Waals surface area contributed by atoms with E-state index in [0.29, 0.717) is 16.5 Å². The molecule has 1 aliphatic rings. The van der Waals surface area contributed by atoms with Crippen LogP contribution in [0.25, 0.3) is 11.1 Å². The molecule has 0 spiro atoms. The van der Waals surface area contributed by atoms with Gasteiger partial charge in [0, 0.05) is 10.7 Å². The summed E-state index contributed by atoms with van der Waals surface area (Å²) in [6, 6.07) is 16.8. The second kappa shape index (κ2) is 6.14. The summed E-state index contributed by atoms with van der Waals surface area (Å²) < 4.78 is 1.31. The molecule has 6 nitrogen and oxygen atoms in total. The van der Waals surface area contributed by atoms with Crippen LogP contribution in [-0.2, 0) is 0 Å². The van der Waals surface area contributed by atoms with Crippen molar-refractivity contribution in [3.05, 3.63) is 65.3 Å². The third-order valence-corrected chi connectivity index (χ3v) is 4.17. The maximum absolute atomic E-state index is 12.8. The van der Waals surface area contributed by atoms with Crippen molar-refractivity contribution in [2.24, 2.45) is 10.2 Å². The Morgan fingerprint density at radius 2 is 1.92 bits per heavy atom. The van der Waals surface area contributed by atoms with Crippen LogP contribution in [0.3, 0.4) is 0 Å². The number of aromatic nitrogens is 2. The third kappa shape index (κ3) is 2.81. The van der Waals surface area contributed by atoms with Crippen LogP contribution in [0, 0.1) is 6.92 Å². The summed E-state index contributed by atoms with van der Waals surface area (Å²) in [5, 5.41) is 16.4. The number of nitrogens with one attached hydrogen (secondary N) is 1. The highest BCUT2D eigenvalue weighted by atomic mass is 35.5. The lowest BCUT2D eigenvalue weighted by Crippen LogP contribution is -2.34. The topological polar surface area (TPSA) is 71.6 Å². The number of halogens is 1. The molecule has 1 aromatic heterocycles. The number of benzene rings is 2. The van der Waals surface area contributed by atoms with E-state index in [9.17, 15) is 4.79 Å². The maximum atomic E-state index is 12.8. The first-order chi connectivity index (χ1) is 12.1. The average molecular weight is 352 g/mol. The van der Waals surface area contributed by atoms with Crippen LogP contribution in [-0.4, -0.2) is 21.9 Å². The molecule has 0 saturated heterocycles. The number of nitrogens with zero attached hydrogens (tertiary/aromatic N) is 4. The van der Waals surface area contributed by atoms with Gasteiger partial charge in [0.2, 0.25) is 6.17 Å². The largest absolute Gasteiger partial charge is 0.354 e. The molecule has 2 aromatic carbocycles. The second-order valence-corrected chi connectivity index (χ2v) is 6.11. The number of hydrogen-bond donors (Lipinski definition) is 1. The van der Waals surface area contributed by atoms with E-state index in [0.717, 1.165) is 16.8 Å². The summed E-state index contributed by atoms with van der Waals surface area (Å²) >= 11 is 5.98. The van der Waals surface area contributed by atoms with Gasteiger partial charge in [0.25, 0.3) is 5.91 Å². The predicted octanol–water partition coefficient (Wildman–Crippen LogP) is 4.69. The Morgan fingerprint density at radius 1 is 1.12 bits per heavy atom. The molecule has 25 heavy (non-hydrogen) atoms. The van der Waals surface area contributed by atoms with Gasteiger partial charge in [0.1, 0.15) is 0 Å². The van der Waals surface area contributed by atoms with Crippen LogP contribution in [0.4, 0.5) is 11.5 Å². The van der Waals surface area contributed by atoms with Crippen LogP contribution in [0.15, 0.2) is 64.8 Å². The highest BCUT2D eigenvalue weighted by molar-refractivity contribution is 6.30. The van der Waals surface area contributed by atoms with Gasteiger partial charge in [0.15, 0.2) is 5.82 Å². The highest BCUT2D eigenvalue weighted by Gasteiger charge is 2.30. The molecule has 4 rings (SSSR count). The number of carbonyl (C=O) groups is 1. The lowest BCUT2D eigenvalue weighted by atomic mass is 10.1. The Labute approximate surface area is 149 Å². The van der Waals surface area contributed by atoms with Crippen LogP contribution in [0.2, 0.25) is 5.02 Å². The quantitative estimate of drug-likeness (QED) is 0.744. The standard InChI is InChI=1S/C18H14ClN5O/c1-11-15(12-6-3-2-4-7-12)17-22-21-16(18(25)24(17)23-11)20-14-9-5-8-13(19)10-14/h2-10,16,20H,1H3. The van der Waals surface area contributed by atoms with Gasteiger partial charge in [-0.2, -0.15) is 14.9 Å². The van der Waals surface area contributed by atoms with Crippen molar-refractivity contribution in [2.75, 3.05) is 5.32 Å². The molecular weight excluding hydrogens is 338 g/mol. The number of rotatable bonds is 3. The van der Waals surface area contributed by atoms with Crippen molar-refractivity contribution < 1.29 is 4.79 Å². The molecule has 124 valence electrons. The summed E-state index contributed by atoms with van der Waals surface area (Å²) in [6.07, 6.45) is -0.839. The maximum Gasteiger partial charge on any atom is 0.296 e. The van der Waals surface area contributed by atoms with Gasteiger partial charge in [0.05, 0.1) is 11.3 Å². The summed E-state index contributed by atoms with van der Waals surface area (Å²) in [6.45, 7) is 1.86. The SMILES string of the molecule is Cc1nn2c(c1-c1ccccc1)N=NC(Nc1cccc(Cl)c1)C2=O. The zero-order chi connectivity index (χ0) is 17.4. The Balaban J connectivity index is 1.69. The van der Waals surface area contributed by atoms with E-state index in [2.05, 4.69) is 20.6 Å². The van der Waals surface area contributed by atoms with E-state index < -0.39 is 6.17 Å². The minimum Gasteiger partial charge on any atom is -0.354 e. The molecular formula is C18H14ClN5O. The molecule has 0 saturated carbocycles. The number of fused-ring (bicyclic) bond motifs is 1. The van der Waals surface area contributed by atoms with Crippen molar-refractivity contribution in [3.63, 3.8) is 0 Å². The Kier molecular flexibility index (Phi) is 3.82. The number of azo groups is 1. The van der Waals surface area contributed by atoms with Gasteiger partial charge in [-0.1, -0.05) is 48.0 Å². The normalized spacial score (nSPS) is 15.9. The van der Waals surface area contributed by atoms with E-state index in [1.165, 1.54) is 4.68 Å². The fourth-order valence-electron chi connectivity index (χ4n) is 2.81. The van der Waals surface area contributed by atoms with Gasteiger partial charge < -0.3 is 5.32 Å². The molecule has 0 radical (unpaired) electrons. The van der Waals surface area contributed by atoms with Crippen LogP contribution >= 0.6 is 11.6 Å². The minimum atomic E-state index is -0.839. The second-order valence-electron chi connectivity index (χ2n) is 5.67. The first kappa shape index (κ1) is 15.5. The number of aryl methyl sites for hydroxylation is 1. The molecule has 0 bridgehead atoms. The van der Waals surface area contributed by atoms with E-state index in [1.807, 2.05) is 43.3 Å². The van der Waals surface area contributed by atoms with Crippen molar-refractivity contribution >= 4 is 29.0 Å². The average Bonchev–Trinajstić information content (AvgIpc) is 2.95. The molecule has 2 heterocycles. The molecule has 3 aromatic rings. The zero-order valence-corrected chi connectivity index (χ0v) is 14.1. The minimum absolute atomic E-state index is 0.282. The summed E-state index contributed by atoms with van der Waals surface area (Å²) in [5.41, 5.74) is 3.20. The van der Waals surface area contributed by atoms with Gasteiger partial charge in [-0.3, -0.25) is 4.79 Å². The van der Waals surface area contributed by atoms with Gasteiger partial charge >= 0.3 is 0 Å². The fourth-order valence-corrected chi connectivity index (χ4v) is 3.00. The zero-order valence-electron chi connectivity index (χ0n) is 13.3. The van der Waals surface area contributed by atoms with Crippen LogP contribution in [0.5, 0.6) is 0 Å². The molecule has 7 heteroatoms. The van der Waals surface area contributed by atoms with Gasteiger partial charge in [-0.05, 0) is 30.7 Å². The third-order valence-electron chi connectivity index (χ3n) is 3.94. The van der Waals surface area contributed by atoms with Crippen LogP contribution < -0.4 is 5.32 Å². The van der Waals surface area contributed by atoms with Gasteiger partial charge in [-0.25, -0.2) is 0 Å². The van der Waals surface area contributed by atoms with E-state index in [1.54, 1.807) is 18.2 Å². The molecule has 1 unspecified atom stereocenters. The number of hydrogen-bond acceptors (Lipinski definition) is 5. The molecule has 1 atom stereocenters. The van der Waals surface area contributed by atoms with Crippen LogP contribution in [0.1, 0.15) is 10.5 Å². The smallest absolute Gasteiger partial charge is 0.296 e. The molecule has 0 fully saturated rings. The Bertz CT molecular complexity index is 980. The molecule has 1 N–H and O–H groups in total. The van der Waals surface area contributed by atoms with E-state index in [4.69, 9.17) is 11.6 Å². The molecule has 1 aliphatic heterocycles. The first-order valence-corrected chi connectivity index (χ1v) is 8.13. The monoisotopic (exact) mass is 351 g/mol. The fraction of sp³-hybridized carbons (Fsp3) is 0.111. The number of carbonyl (C=O) groups excluding carboxylic acids is 1. The van der Waals surface area contributed by atoms with Crippen molar-refractivity contribution in [1.29, 1.82) is 0 Å². The van der Waals surface area contributed by atoms with Crippen molar-refractivity contribution in [1.82, 2.24) is 9.78 Å². The summed E-state index contributed by atoms with van der Waals surface area (Å²) in [5.74, 6) is 0.174. The van der Waals surface area contributed by atoms with Crippen molar-refractivity contribution in [2.45, 2.75) is 13.1 Å². The van der Waals surface area contributed by atoms with E-state index in [-0.39, 0.29) is 5.91 Å². The van der Waals surface area contributed by atoms with Gasteiger partial charge in [-0.15, -0.1) is 5.11 Å². The van der Waals surface area contributed by atoms with Crippen molar-refractivity contribution in [3.8, 4) is 11.1 Å². The Morgan fingerprint density at radius 3 is 2.68 bits per heavy atom. The first-order valence-electron chi connectivity index (χ1n) is 7.76. The number of anilines is 1. The lowest BCUT2D eigenvalue weighted by molar-refractivity contribution is 0.0866.